The molecule has 0 radical (unpaired) electrons. The number of imidazole rings is 1. The molecular weight excluding hydrogens is 433 g/mol. The van der Waals surface area contributed by atoms with Crippen molar-refractivity contribution in [3.8, 4) is 11.4 Å². The Morgan fingerprint density at radius 1 is 1.21 bits per heavy atom. The van der Waals surface area contributed by atoms with Crippen molar-refractivity contribution in [3.63, 3.8) is 0 Å². The van der Waals surface area contributed by atoms with Crippen LogP contribution in [0.5, 0.6) is 5.75 Å². The molecule has 3 rings (SSSR count). The van der Waals surface area contributed by atoms with E-state index in [0.29, 0.717) is 30.9 Å². The van der Waals surface area contributed by atoms with Crippen molar-refractivity contribution in [1.29, 1.82) is 0 Å². The van der Waals surface area contributed by atoms with Crippen molar-refractivity contribution in [2.45, 2.75) is 39.7 Å². The van der Waals surface area contributed by atoms with E-state index in [0.717, 1.165) is 41.9 Å². The molecule has 0 amide bonds. The first-order valence-corrected chi connectivity index (χ1v) is 11.5. The Labute approximate surface area is 200 Å². The third-order valence-electron chi connectivity index (χ3n) is 5.34. The minimum Gasteiger partial charge on any atom is -0.495 e. The second-order valence-electron chi connectivity index (χ2n) is 8.01. The number of ether oxygens (including phenoxy) is 2. The lowest BCUT2D eigenvalue weighted by Gasteiger charge is -2.11. The number of hydrogen-bond acceptors (Lipinski definition) is 5. The Morgan fingerprint density at radius 2 is 2.06 bits per heavy atom. The SMILES string of the molecule is CCOC(=O)/C(=C/c1ccc(-n2cnc(C)c2)c(OC)c1)CCCCNCc1cccc(F)c1. The van der Waals surface area contributed by atoms with Crippen LogP contribution in [0.15, 0.2) is 60.6 Å². The quantitative estimate of drug-likeness (QED) is 0.225. The normalized spacial score (nSPS) is 11.5. The molecule has 0 bridgehead atoms. The maximum atomic E-state index is 13.3. The highest BCUT2D eigenvalue weighted by Gasteiger charge is 2.12. The van der Waals surface area contributed by atoms with Crippen LogP contribution in [0.25, 0.3) is 11.8 Å². The fraction of sp³-hybridized carbons (Fsp3) is 0.333. The summed E-state index contributed by atoms with van der Waals surface area (Å²) in [5, 5.41) is 3.32. The van der Waals surface area contributed by atoms with Crippen LogP contribution in [0.1, 0.15) is 43.0 Å². The van der Waals surface area contributed by atoms with Gasteiger partial charge in [0, 0.05) is 18.3 Å². The van der Waals surface area contributed by atoms with E-state index in [-0.39, 0.29) is 11.8 Å². The van der Waals surface area contributed by atoms with Crippen molar-refractivity contribution < 1.29 is 18.7 Å². The predicted octanol–water partition coefficient (Wildman–Crippen LogP) is 5.24. The molecule has 34 heavy (non-hydrogen) atoms. The van der Waals surface area contributed by atoms with E-state index in [1.54, 1.807) is 26.4 Å². The number of esters is 1. The zero-order chi connectivity index (χ0) is 24.3. The van der Waals surface area contributed by atoms with Gasteiger partial charge in [-0.3, -0.25) is 0 Å². The summed E-state index contributed by atoms with van der Waals surface area (Å²) in [5.41, 5.74) is 4.20. The van der Waals surface area contributed by atoms with Gasteiger partial charge in [0.25, 0.3) is 0 Å². The van der Waals surface area contributed by atoms with E-state index < -0.39 is 0 Å². The van der Waals surface area contributed by atoms with Gasteiger partial charge in [0.2, 0.25) is 0 Å². The maximum absolute atomic E-state index is 13.3. The molecule has 0 aliphatic heterocycles. The monoisotopic (exact) mass is 465 g/mol. The van der Waals surface area contributed by atoms with Crippen LogP contribution in [0.2, 0.25) is 0 Å². The Bertz CT molecular complexity index is 1120. The second kappa shape index (κ2) is 12.7. The van der Waals surface area contributed by atoms with Crippen molar-refractivity contribution in [2.24, 2.45) is 0 Å². The average molecular weight is 466 g/mol. The number of nitrogens with zero attached hydrogens (tertiary/aromatic N) is 2. The van der Waals surface area contributed by atoms with E-state index in [1.807, 2.05) is 48.0 Å². The van der Waals surface area contributed by atoms with Gasteiger partial charge in [-0.25, -0.2) is 14.2 Å². The molecule has 1 aromatic heterocycles. The number of methoxy groups -OCH3 is 1. The largest absolute Gasteiger partial charge is 0.495 e. The first-order chi connectivity index (χ1) is 16.5. The van der Waals surface area contributed by atoms with Crippen LogP contribution in [-0.2, 0) is 16.1 Å². The summed E-state index contributed by atoms with van der Waals surface area (Å²) < 4.78 is 26.0. The van der Waals surface area contributed by atoms with E-state index >= 15 is 0 Å². The number of carbonyl (C=O) groups excluding carboxylic acids is 1. The standard InChI is InChI=1S/C27H32FN3O3/c1-4-34-27(32)23(9-5-6-13-29-17-22-8-7-10-24(28)15-22)14-21-11-12-25(26(16-21)33-3)31-18-20(2)30-19-31/h7-8,10-12,14-16,18-19,29H,4-6,9,13,17H2,1-3H3/b23-14+. The van der Waals surface area contributed by atoms with Crippen molar-refractivity contribution in [1.82, 2.24) is 14.9 Å². The van der Waals surface area contributed by atoms with Gasteiger partial charge in [-0.15, -0.1) is 0 Å². The molecule has 0 unspecified atom stereocenters. The third-order valence-corrected chi connectivity index (χ3v) is 5.34. The van der Waals surface area contributed by atoms with Crippen LogP contribution in [0.3, 0.4) is 0 Å². The molecule has 180 valence electrons. The van der Waals surface area contributed by atoms with Crippen LogP contribution in [0.4, 0.5) is 4.39 Å². The molecule has 0 saturated carbocycles. The van der Waals surface area contributed by atoms with Crippen LogP contribution < -0.4 is 10.1 Å². The molecule has 2 aromatic carbocycles. The smallest absolute Gasteiger partial charge is 0.334 e. The molecule has 3 aromatic rings. The van der Waals surface area contributed by atoms with E-state index in [2.05, 4.69) is 10.3 Å². The zero-order valence-corrected chi connectivity index (χ0v) is 20.0. The Morgan fingerprint density at radius 3 is 2.76 bits per heavy atom. The minimum absolute atomic E-state index is 0.228. The number of halogens is 1. The van der Waals surface area contributed by atoms with Gasteiger partial charge >= 0.3 is 5.97 Å². The molecular formula is C27H32FN3O3. The Balaban J connectivity index is 1.62. The van der Waals surface area contributed by atoms with Crippen molar-refractivity contribution >= 4 is 12.0 Å². The van der Waals surface area contributed by atoms with Crippen molar-refractivity contribution in [2.75, 3.05) is 20.3 Å². The summed E-state index contributed by atoms with van der Waals surface area (Å²) in [4.78, 5) is 16.8. The van der Waals surface area contributed by atoms with Gasteiger partial charge < -0.3 is 19.4 Å². The number of aromatic nitrogens is 2. The van der Waals surface area contributed by atoms with E-state index in [4.69, 9.17) is 9.47 Å². The van der Waals surface area contributed by atoms with Crippen LogP contribution in [-0.4, -0.2) is 35.8 Å². The second-order valence-corrected chi connectivity index (χ2v) is 8.01. The summed E-state index contributed by atoms with van der Waals surface area (Å²) in [5.74, 6) is 0.160. The lowest BCUT2D eigenvalue weighted by Crippen LogP contribution is -2.15. The summed E-state index contributed by atoms with van der Waals surface area (Å²) in [7, 11) is 1.62. The molecule has 0 saturated heterocycles. The number of aryl methyl sites for hydroxylation is 1. The van der Waals surface area contributed by atoms with E-state index in [9.17, 15) is 9.18 Å². The summed E-state index contributed by atoms with van der Waals surface area (Å²) >= 11 is 0. The summed E-state index contributed by atoms with van der Waals surface area (Å²) in [6.07, 6.45) is 7.85. The molecule has 1 heterocycles. The van der Waals surface area contributed by atoms with Crippen LogP contribution in [0, 0.1) is 12.7 Å². The molecule has 6 nitrogen and oxygen atoms in total. The van der Waals surface area contributed by atoms with E-state index in [1.165, 1.54) is 12.1 Å². The number of carbonyl (C=O) groups is 1. The molecule has 0 spiro atoms. The van der Waals surface area contributed by atoms with Gasteiger partial charge in [0.15, 0.2) is 0 Å². The van der Waals surface area contributed by atoms with Crippen LogP contribution >= 0.6 is 0 Å². The highest BCUT2D eigenvalue weighted by Crippen LogP contribution is 2.26. The topological polar surface area (TPSA) is 65.4 Å². The first-order valence-electron chi connectivity index (χ1n) is 11.5. The molecule has 1 N–H and O–H groups in total. The zero-order valence-electron chi connectivity index (χ0n) is 20.0. The fourth-order valence-corrected chi connectivity index (χ4v) is 3.65. The number of unbranched alkanes of at least 4 members (excludes halogenated alkanes) is 1. The third kappa shape index (κ3) is 7.28. The highest BCUT2D eigenvalue weighted by atomic mass is 19.1. The lowest BCUT2D eigenvalue weighted by atomic mass is 10.0. The summed E-state index contributed by atoms with van der Waals surface area (Å²) in [6, 6.07) is 12.4. The van der Waals surface area contributed by atoms with Gasteiger partial charge in [0.1, 0.15) is 11.6 Å². The number of hydrogen-bond donors (Lipinski definition) is 1. The van der Waals surface area contributed by atoms with Gasteiger partial charge in [-0.05, 0) is 81.1 Å². The fourth-order valence-electron chi connectivity index (χ4n) is 3.65. The first kappa shape index (κ1) is 25.2. The number of nitrogens with one attached hydrogen (secondary N) is 1. The van der Waals surface area contributed by atoms with Gasteiger partial charge in [0.05, 0.1) is 31.4 Å². The molecule has 0 aliphatic carbocycles. The van der Waals surface area contributed by atoms with Gasteiger partial charge in [-0.2, -0.15) is 0 Å². The lowest BCUT2D eigenvalue weighted by molar-refractivity contribution is -0.138. The average Bonchev–Trinajstić information content (AvgIpc) is 3.26. The highest BCUT2D eigenvalue weighted by molar-refractivity contribution is 5.93. The van der Waals surface area contributed by atoms with Crippen molar-refractivity contribution in [3.05, 3.63) is 83.2 Å². The van der Waals surface area contributed by atoms with Gasteiger partial charge in [-0.1, -0.05) is 18.2 Å². The Hall–Kier alpha value is -3.45. The predicted molar refractivity (Wildman–Crippen MR) is 131 cm³/mol. The molecule has 0 fully saturated rings. The Kier molecular flexibility index (Phi) is 9.40. The summed E-state index contributed by atoms with van der Waals surface area (Å²) in [6.45, 7) is 5.45. The minimum atomic E-state index is -0.302. The maximum Gasteiger partial charge on any atom is 0.334 e. The number of rotatable bonds is 12. The molecule has 7 heteroatoms. The molecule has 0 aliphatic rings. The molecule has 0 atom stereocenters. The number of benzene rings is 2.